The van der Waals surface area contributed by atoms with E-state index < -0.39 is 23.2 Å². The zero-order chi connectivity index (χ0) is 14.2. The molecule has 19 heavy (non-hydrogen) atoms. The van der Waals surface area contributed by atoms with Crippen LogP contribution in [0.1, 0.15) is 13.8 Å². The summed E-state index contributed by atoms with van der Waals surface area (Å²) in [5.41, 5.74) is -1.08. The molecule has 102 valence electrons. The summed E-state index contributed by atoms with van der Waals surface area (Å²) in [4.78, 5) is 32.3. The molecule has 0 spiro atoms. The number of hydrogen-bond donors (Lipinski definition) is 2. The molecule has 8 heteroatoms. The number of rotatable bonds is 2. The Balaban J connectivity index is 2.49. The van der Waals surface area contributed by atoms with Gasteiger partial charge in [-0.2, -0.15) is 4.98 Å². The third kappa shape index (κ3) is 2.20. The summed E-state index contributed by atoms with van der Waals surface area (Å²) in [5.74, 6) is -1.53. The zero-order valence-corrected chi connectivity index (χ0v) is 10.8. The van der Waals surface area contributed by atoms with Gasteiger partial charge in [0.15, 0.2) is 11.6 Å². The van der Waals surface area contributed by atoms with E-state index in [9.17, 15) is 14.0 Å². The lowest BCUT2D eigenvalue weighted by Crippen LogP contribution is -2.64. The van der Waals surface area contributed by atoms with Crippen LogP contribution in [0.15, 0.2) is 6.20 Å². The maximum atomic E-state index is 13.9. The SMILES string of the molecule is CNc1ncc(F)c(N2CC(=O)NC(=O)C2(C)C)n1. The van der Waals surface area contributed by atoms with E-state index in [0.717, 1.165) is 6.20 Å². The van der Waals surface area contributed by atoms with Gasteiger partial charge in [-0.15, -0.1) is 0 Å². The molecule has 0 aromatic carbocycles. The first-order chi connectivity index (χ1) is 8.86. The normalized spacial score (nSPS) is 18.2. The molecule has 1 saturated heterocycles. The van der Waals surface area contributed by atoms with Gasteiger partial charge in [0.1, 0.15) is 5.54 Å². The molecular formula is C11H14FN5O2. The molecule has 0 bridgehead atoms. The summed E-state index contributed by atoms with van der Waals surface area (Å²) in [7, 11) is 1.59. The van der Waals surface area contributed by atoms with Crippen molar-refractivity contribution < 1.29 is 14.0 Å². The van der Waals surface area contributed by atoms with Crippen LogP contribution in [0.3, 0.4) is 0 Å². The van der Waals surface area contributed by atoms with Gasteiger partial charge in [-0.1, -0.05) is 0 Å². The van der Waals surface area contributed by atoms with Crippen molar-refractivity contribution >= 4 is 23.6 Å². The van der Waals surface area contributed by atoms with Crippen LogP contribution in [0, 0.1) is 5.82 Å². The lowest BCUT2D eigenvalue weighted by Gasteiger charge is -2.40. The number of nitrogens with one attached hydrogen (secondary N) is 2. The average molecular weight is 267 g/mol. The van der Waals surface area contributed by atoms with Gasteiger partial charge in [0.05, 0.1) is 12.7 Å². The molecule has 2 amide bonds. The summed E-state index contributed by atoms with van der Waals surface area (Å²) >= 11 is 0. The smallest absolute Gasteiger partial charge is 0.251 e. The Labute approximate surface area is 109 Å². The highest BCUT2D eigenvalue weighted by atomic mass is 19.1. The molecule has 2 N–H and O–H groups in total. The highest BCUT2D eigenvalue weighted by molar-refractivity contribution is 6.06. The van der Waals surface area contributed by atoms with Gasteiger partial charge in [-0.25, -0.2) is 9.37 Å². The quantitative estimate of drug-likeness (QED) is 0.728. The van der Waals surface area contributed by atoms with Gasteiger partial charge in [0.2, 0.25) is 11.9 Å². The second-order valence-corrected chi connectivity index (χ2v) is 4.64. The first kappa shape index (κ1) is 13.2. The Kier molecular flexibility index (Phi) is 3.09. The minimum absolute atomic E-state index is 0.0763. The summed E-state index contributed by atoms with van der Waals surface area (Å²) in [6.07, 6.45) is 1.00. The standard InChI is InChI=1S/C11H14FN5O2/c1-11(2)9(19)15-7(18)5-17(11)8-6(12)4-14-10(13-3)16-8/h4H,5H2,1-3H3,(H,13,14,16)(H,15,18,19). The molecule has 1 aliphatic heterocycles. The number of carbonyl (C=O) groups is 2. The topological polar surface area (TPSA) is 87.2 Å². The van der Waals surface area contributed by atoms with Crippen LogP contribution >= 0.6 is 0 Å². The van der Waals surface area contributed by atoms with Crippen LogP contribution in [-0.4, -0.2) is 40.9 Å². The number of amides is 2. The fourth-order valence-corrected chi connectivity index (χ4v) is 1.79. The van der Waals surface area contributed by atoms with Gasteiger partial charge >= 0.3 is 0 Å². The summed E-state index contributed by atoms with van der Waals surface area (Å²) < 4.78 is 13.9. The van der Waals surface area contributed by atoms with Crippen molar-refractivity contribution in [3.63, 3.8) is 0 Å². The van der Waals surface area contributed by atoms with E-state index in [1.807, 2.05) is 0 Å². The van der Waals surface area contributed by atoms with Crippen LogP contribution in [0.4, 0.5) is 16.2 Å². The Hall–Kier alpha value is -2.25. The fraction of sp³-hybridized carbons (Fsp3) is 0.455. The number of halogens is 1. The molecule has 2 rings (SSSR count). The van der Waals surface area contributed by atoms with Crippen molar-refractivity contribution in [1.29, 1.82) is 0 Å². The van der Waals surface area contributed by atoms with Gasteiger partial charge in [0, 0.05) is 7.05 Å². The van der Waals surface area contributed by atoms with Gasteiger partial charge in [-0.05, 0) is 13.8 Å². The number of nitrogens with zero attached hydrogens (tertiary/aromatic N) is 3. The summed E-state index contributed by atoms with van der Waals surface area (Å²) in [6.45, 7) is 3.04. The van der Waals surface area contributed by atoms with Crippen molar-refractivity contribution in [2.24, 2.45) is 0 Å². The highest BCUT2D eigenvalue weighted by Gasteiger charge is 2.42. The minimum Gasteiger partial charge on any atom is -0.357 e. The number of carbonyl (C=O) groups excluding carboxylic acids is 2. The minimum atomic E-state index is -1.08. The third-order valence-electron chi connectivity index (χ3n) is 2.99. The van der Waals surface area contributed by atoms with E-state index in [2.05, 4.69) is 20.6 Å². The predicted octanol–water partition coefficient (Wildman–Crippen LogP) is -0.101. The molecule has 1 aromatic rings. The lowest BCUT2D eigenvalue weighted by molar-refractivity contribution is -0.135. The molecule has 1 aliphatic rings. The molecule has 1 aromatic heterocycles. The number of hydrogen-bond acceptors (Lipinski definition) is 6. The second kappa shape index (κ2) is 4.45. The van der Waals surface area contributed by atoms with Crippen LogP contribution < -0.4 is 15.5 Å². The third-order valence-corrected chi connectivity index (χ3v) is 2.99. The molecule has 0 unspecified atom stereocenters. The molecular weight excluding hydrogens is 253 g/mol. The van der Waals surface area contributed by atoms with E-state index in [1.54, 1.807) is 20.9 Å². The van der Waals surface area contributed by atoms with Crippen LogP contribution in [0.2, 0.25) is 0 Å². The van der Waals surface area contributed by atoms with Crippen molar-refractivity contribution in [2.45, 2.75) is 19.4 Å². The average Bonchev–Trinajstić information content (AvgIpc) is 2.35. The molecule has 0 saturated carbocycles. The molecule has 0 radical (unpaired) electrons. The van der Waals surface area contributed by atoms with E-state index in [1.165, 1.54) is 4.90 Å². The Morgan fingerprint density at radius 2 is 2.16 bits per heavy atom. The summed E-state index contributed by atoms with van der Waals surface area (Å²) in [6, 6.07) is 0. The van der Waals surface area contributed by atoms with E-state index in [4.69, 9.17) is 0 Å². The van der Waals surface area contributed by atoms with Crippen molar-refractivity contribution in [3.05, 3.63) is 12.0 Å². The van der Waals surface area contributed by atoms with Crippen molar-refractivity contribution in [1.82, 2.24) is 15.3 Å². The van der Waals surface area contributed by atoms with Crippen LogP contribution in [0.5, 0.6) is 0 Å². The van der Waals surface area contributed by atoms with Crippen molar-refractivity contribution in [3.8, 4) is 0 Å². The number of aromatic nitrogens is 2. The largest absolute Gasteiger partial charge is 0.357 e. The van der Waals surface area contributed by atoms with Gasteiger partial charge < -0.3 is 10.2 Å². The lowest BCUT2D eigenvalue weighted by atomic mass is 9.99. The number of piperazine rings is 1. The fourth-order valence-electron chi connectivity index (χ4n) is 1.79. The van der Waals surface area contributed by atoms with E-state index >= 15 is 0 Å². The summed E-state index contributed by atoms with van der Waals surface area (Å²) in [5, 5.41) is 4.90. The molecule has 0 aliphatic carbocycles. The van der Waals surface area contributed by atoms with E-state index in [0.29, 0.717) is 0 Å². The maximum Gasteiger partial charge on any atom is 0.251 e. The zero-order valence-electron chi connectivity index (χ0n) is 10.8. The molecule has 0 atom stereocenters. The van der Waals surface area contributed by atoms with E-state index in [-0.39, 0.29) is 18.3 Å². The first-order valence-corrected chi connectivity index (χ1v) is 5.68. The van der Waals surface area contributed by atoms with Crippen LogP contribution in [0.25, 0.3) is 0 Å². The van der Waals surface area contributed by atoms with Crippen LogP contribution in [-0.2, 0) is 9.59 Å². The van der Waals surface area contributed by atoms with Crippen molar-refractivity contribution in [2.75, 3.05) is 23.8 Å². The molecule has 1 fully saturated rings. The Bertz CT molecular complexity index is 546. The monoisotopic (exact) mass is 267 g/mol. The Morgan fingerprint density at radius 3 is 2.79 bits per heavy atom. The molecule has 7 nitrogen and oxygen atoms in total. The maximum absolute atomic E-state index is 13.9. The highest BCUT2D eigenvalue weighted by Crippen LogP contribution is 2.27. The number of anilines is 2. The first-order valence-electron chi connectivity index (χ1n) is 5.68. The Morgan fingerprint density at radius 1 is 1.47 bits per heavy atom. The second-order valence-electron chi connectivity index (χ2n) is 4.64. The molecule has 2 heterocycles. The van der Waals surface area contributed by atoms with Gasteiger partial charge in [0.25, 0.3) is 5.91 Å². The predicted molar refractivity (Wildman–Crippen MR) is 66.1 cm³/mol. The number of imide groups is 1. The van der Waals surface area contributed by atoms with Gasteiger partial charge in [-0.3, -0.25) is 14.9 Å².